The molecule has 0 saturated heterocycles. The van der Waals surface area contributed by atoms with E-state index in [0.29, 0.717) is 23.0 Å². The minimum absolute atomic E-state index is 0.00590. The van der Waals surface area contributed by atoms with E-state index >= 15 is 0 Å². The maximum atomic E-state index is 12.3. The lowest BCUT2D eigenvalue weighted by atomic mass is 10.3. The first kappa shape index (κ1) is 20.4. The number of rotatable bonds is 9. The Morgan fingerprint density at radius 1 is 1.11 bits per heavy atom. The lowest BCUT2D eigenvalue weighted by Gasteiger charge is -2.19. The number of benzene rings is 1. The number of carbonyl (C=O) groups excluding carboxylic acids is 3. The highest BCUT2D eigenvalue weighted by atomic mass is 32.1. The van der Waals surface area contributed by atoms with E-state index in [-0.39, 0.29) is 30.5 Å². The number of hydrogen-bond acceptors (Lipinski definition) is 6. The first-order valence-corrected chi connectivity index (χ1v) is 9.15. The molecular formula is C18H22N4O4S. The summed E-state index contributed by atoms with van der Waals surface area (Å²) in [5.41, 5.74) is 6.10. The average molecular weight is 390 g/mol. The third-order valence-corrected chi connectivity index (χ3v) is 4.58. The molecule has 0 unspecified atom stereocenters. The molecule has 27 heavy (non-hydrogen) atoms. The van der Waals surface area contributed by atoms with Crippen molar-refractivity contribution in [3.8, 4) is 5.75 Å². The normalized spacial score (nSPS) is 10.5. The molecule has 0 radical (unpaired) electrons. The first-order chi connectivity index (χ1) is 12.9. The van der Waals surface area contributed by atoms with Crippen molar-refractivity contribution in [2.24, 2.45) is 5.73 Å². The van der Waals surface area contributed by atoms with Gasteiger partial charge in [-0.1, -0.05) is 19.1 Å². The molecule has 0 aliphatic heterocycles. The van der Waals surface area contributed by atoms with Gasteiger partial charge in [0.1, 0.15) is 10.8 Å². The fourth-order valence-electron chi connectivity index (χ4n) is 2.39. The number of anilines is 2. The number of carbonyl (C=O) groups is 3. The molecule has 1 heterocycles. The van der Waals surface area contributed by atoms with Crippen LogP contribution in [-0.4, -0.2) is 49.4 Å². The van der Waals surface area contributed by atoms with Crippen LogP contribution in [0.5, 0.6) is 5.75 Å². The SMILES string of the molecule is CCN(CC(=O)Nc1ccccc1OC)CC(=O)Nc1sccc1C(N)=O. The van der Waals surface area contributed by atoms with Gasteiger partial charge in [0.05, 0.1) is 31.5 Å². The van der Waals surface area contributed by atoms with Crippen LogP contribution in [0.3, 0.4) is 0 Å². The van der Waals surface area contributed by atoms with E-state index in [2.05, 4.69) is 10.6 Å². The maximum absolute atomic E-state index is 12.3. The monoisotopic (exact) mass is 390 g/mol. The van der Waals surface area contributed by atoms with Gasteiger partial charge in [0.2, 0.25) is 11.8 Å². The lowest BCUT2D eigenvalue weighted by molar-refractivity contribution is -0.119. The Bertz CT molecular complexity index is 821. The largest absolute Gasteiger partial charge is 0.495 e. The zero-order chi connectivity index (χ0) is 19.8. The van der Waals surface area contributed by atoms with Gasteiger partial charge >= 0.3 is 0 Å². The van der Waals surface area contributed by atoms with Crippen molar-refractivity contribution >= 4 is 39.7 Å². The van der Waals surface area contributed by atoms with Gasteiger partial charge in [-0.15, -0.1) is 11.3 Å². The number of primary amides is 1. The standard InChI is InChI=1S/C18H22N4O4S/c1-3-22(10-15(23)20-13-6-4-5-7-14(13)26-2)11-16(24)21-18-12(17(19)25)8-9-27-18/h4-9H,3,10-11H2,1-2H3,(H2,19,25)(H,20,23)(H,21,24). The van der Waals surface area contributed by atoms with Crippen molar-refractivity contribution in [3.63, 3.8) is 0 Å². The quantitative estimate of drug-likeness (QED) is 0.604. The molecule has 8 nitrogen and oxygen atoms in total. The Hall–Kier alpha value is -2.91. The number of hydrogen-bond donors (Lipinski definition) is 3. The molecule has 0 atom stereocenters. The molecule has 9 heteroatoms. The average Bonchev–Trinajstić information content (AvgIpc) is 3.09. The van der Waals surface area contributed by atoms with Gasteiger partial charge in [0, 0.05) is 0 Å². The summed E-state index contributed by atoms with van der Waals surface area (Å²) in [4.78, 5) is 37.5. The van der Waals surface area contributed by atoms with Crippen molar-refractivity contribution in [2.75, 3.05) is 37.4 Å². The van der Waals surface area contributed by atoms with Crippen molar-refractivity contribution in [3.05, 3.63) is 41.3 Å². The zero-order valence-electron chi connectivity index (χ0n) is 15.2. The van der Waals surface area contributed by atoms with Gasteiger partial charge in [-0.05, 0) is 30.1 Å². The molecule has 0 aliphatic rings. The summed E-state index contributed by atoms with van der Waals surface area (Å²) in [7, 11) is 1.53. The number of para-hydroxylation sites is 2. The highest BCUT2D eigenvalue weighted by Gasteiger charge is 2.17. The van der Waals surface area contributed by atoms with E-state index < -0.39 is 5.91 Å². The lowest BCUT2D eigenvalue weighted by Crippen LogP contribution is -2.38. The summed E-state index contributed by atoms with van der Waals surface area (Å²) in [6, 6.07) is 8.64. The highest BCUT2D eigenvalue weighted by Crippen LogP contribution is 2.23. The Morgan fingerprint density at radius 3 is 2.41 bits per heavy atom. The number of amides is 3. The number of ether oxygens (including phenoxy) is 1. The summed E-state index contributed by atoms with van der Waals surface area (Å²) in [6.07, 6.45) is 0. The van der Waals surface area contributed by atoms with Crippen LogP contribution in [0.1, 0.15) is 17.3 Å². The molecule has 1 aromatic carbocycles. The van der Waals surface area contributed by atoms with Crippen LogP contribution >= 0.6 is 11.3 Å². The van der Waals surface area contributed by atoms with Gasteiger partial charge in [-0.25, -0.2) is 0 Å². The van der Waals surface area contributed by atoms with Crippen molar-refractivity contribution < 1.29 is 19.1 Å². The van der Waals surface area contributed by atoms with E-state index in [1.165, 1.54) is 18.4 Å². The van der Waals surface area contributed by atoms with E-state index in [0.717, 1.165) is 0 Å². The van der Waals surface area contributed by atoms with Crippen LogP contribution in [0.2, 0.25) is 0 Å². The second kappa shape index (κ2) is 9.70. The summed E-state index contributed by atoms with van der Waals surface area (Å²) in [6.45, 7) is 2.39. The molecule has 3 amide bonds. The van der Waals surface area contributed by atoms with Crippen LogP contribution in [0.4, 0.5) is 10.7 Å². The summed E-state index contributed by atoms with van der Waals surface area (Å²) < 4.78 is 5.20. The highest BCUT2D eigenvalue weighted by molar-refractivity contribution is 7.14. The smallest absolute Gasteiger partial charge is 0.251 e. The molecule has 144 valence electrons. The second-order valence-electron chi connectivity index (χ2n) is 5.63. The fourth-order valence-corrected chi connectivity index (χ4v) is 3.20. The molecule has 4 N–H and O–H groups in total. The van der Waals surface area contributed by atoms with Gasteiger partial charge in [0.25, 0.3) is 5.91 Å². The number of nitrogens with one attached hydrogen (secondary N) is 2. The van der Waals surface area contributed by atoms with Crippen LogP contribution in [0.15, 0.2) is 35.7 Å². The van der Waals surface area contributed by atoms with Crippen LogP contribution in [0, 0.1) is 0 Å². The zero-order valence-corrected chi connectivity index (χ0v) is 16.0. The van der Waals surface area contributed by atoms with Crippen LogP contribution < -0.4 is 21.1 Å². The number of methoxy groups -OCH3 is 1. The van der Waals surface area contributed by atoms with Gasteiger partial charge < -0.3 is 21.1 Å². The number of likely N-dealkylation sites (N-methyl/N-ethyl adjacent to an activating group) is 1. The maximum Gasteiger partial charge on any atom is 0.251 e. The molecule has 0 spiro atoms. The molecule has 0 aliphatic carbocycles. The second-order valence-corrected chi connectivity index (χ2v) is 6.54. The van der Waals surface area contributed by atoms with E-state index in [1.54, 1.807) is 34.5 Å². The minimum Gasteiger partial charge on any atom is -0.495 e. The molecular weight excluding hydrogens is 368 g/mol. The van der Waals surface area contributed by atoms with E-state index in [9.17, 15) is 14.4 Å². The van der Waals surface area contributed by atoms with Crippen LogP contribution in [-0.2, 0) is 9.59 Å². The topological polar surface area (TPSA) is 114 Å². The first-order valence-electron chi connectivity index (χ1n) is 8.27. The Kier molecular flexibility index (Phi) is 7.33. The molecule has 0 saturated carbocycles. The van der Waals surface area contributed by atoms with Gasteiger partial charge in [-0.2, -0.15) is 0 Å². The molecule has 1 aromatic heterocycles. The summed E-state index contributed by atoms with van der Waals surface area (Å²) in [5, 5.41) is 7.52. The van der Waals surface area contributed by atoms with Crippen molar-refractivity contribution in [2.45, 2.75) is 6.92 Å². The molecule has 2 aromatic rings. The van der Waals surface area contributed by atoms with E-state index in [4.69, 9.17) is 10.5 Å². The molecule has 0 fully saturated rings. The van der Waals surface area contributed by atoms with Gasteiger partial charge in [-0.3, -0.25) is 19.3 Å². The summed E-state index contributed by atoms with van der Waals surface area (Å²) >= 11 is 1.22. The Balaban J connectivity index is 1.92. The van der Waals surface area contributed by atoms with Crippen molar-refractivity contribution in [1.29, 1.82) is 0 Å². The van der Waals surface area contributed by atoms with Gasteiger partial charge in [0.15, 0.2) is 0 Å². The Morgan fingerprint density at radius 2 is 1.78 bits per heavy atom. The number of nitrogens with two attached hydrogens (primary N) is 1. The van der Waals surface area contributed by atoms with Crippen LogP contribution in [0.25, 0.3) is 0 Å². The third kappa shape index (κ3) is 5.80. The molecule has 2 rings (SSSR count). The Labute approximate surface area is 161 Å². The molecule has 0 bridgehead atoms. The summed E-state index contributed by atoms with van der Waals surface area (Å²) in [5.74, 6) is -0.631. The number of nitrogens with zero attached hydrogens (tertiary/aromatic N) is 1. The minimum atomic E-state index is -0.602. The van der Waals surface area contributed by atoms with Crippen molar-refractivity contribution in [1.82, 2.24) is 4.90 Å². The fraction of sp³-hybridized carbons (Fsp3) is 0.278. The predicted molar refractivity (Wildman–Crippen MR) is 105 cm³/mol. The predicted octanol–water partition coefficient (Wildman–Crippen LogP) is 1.75. The van der Waals surface area contributed by atoms with E-state index in [1.807, 2.05) is 13.0 Å². The third-order valence-electron chi connectivity index (χ3n) is 3.75. The number of thiophene rings is 1.